The number of benzene rings is 1. The molecule has 0 heterocycles. The van der Waals surface area contributed by atoms with Crippen molar-refractivity contribution in [2.75, 3.05) is 18.9 Å². The highest BCUT2D eigenvalue weighted by atomic mass is 15.0. The summed E-state index contributed by atoms with van der Waals surface area (Å²) in [6.45, 7) is 11.9. The highest BCUT2D eigenvalue weighted by molar-refractivity contribution is 5.57. The molecular weight excluding hydrogens is 196 g/mol. The summed E-state index contributed by atoms with van der Waals surface area (Å²) in [6.07, 6.45) is 0. The topological polar surface area (TPSA) is 24.1 Å². The highest BCUT2D eigenvalue weighted by Crippen LogP contribution is 2.24. The van der Waals surface area contributed by atoms with Crippen LogP contribution in [0.5, 0.6) is 0 Å². The van der Waals surface area contributed by atoms with Gasteiger partial charge in [-0.15, -0.1) is 0 Å². The van der Waals surface area contributed by atoms with Gasteiger partial charge in [-0.1, -0.05) is 6.07 Å². The zero-order chi connectivity index (χ0) is 12.3. The molecule has 0 spiro atoms. The minimum absolute atomic E-state index is 0.0706. The molecule has 0 aliphatic rings. The van der Waals surface area contributed by atoms with Crippen LogP contribution in [0.15, 0.2) is 12.1 Å². The molecule has 2 nitrogen and oxygen atoms in total. The number of anilines is 1. The number of nitrogens with one attached hydrogen (secondary N) is 2. The molecule has 2 N–H and O–H groups in total. The average Bonchev–Trinajstić information content (AvgIpc) is 2.19. The zero-order valence-electron chi connectivity index (χ0n) is 11.4. The van der Waals surface area contributed by atoms with E-state index in [0.29, 0.717) is 0 Å². The lowest BCUT2D eigenvalue weighted by atomic mass is 9.99. The molecule has 0 fully saturated rings. The van der Waals surface area contributed by atoms with E-state index in [1.807, 2.05) is 7.05 Å². The molecule has 0 saturated heterocycles. The Morgan fingerprint density at radius 2 is 1.69 bits per heavy atom. The van der Waals surface area contributed by atoms with Crippen molar-refractivity contribution in [2.24, 2.45) is 0 Å². The number of rotatable bonds is 4. The number of aryl methyl sites for hydroxylation is 1. The van der Waals surface area contributed by atoms with E-state index in [2.05, 4.69) is 57.4 Å². The fourth-order valence-corrected chi connectivity index (χ4v) is 1.94. The first-order chi connectivity index (χ1) is 7.37. The number of likely N-dealkylation sites (N-methyl/N-ethyl adjacent to an activating group) is 1. The molecule has 1 aromatic rings. The van der Waals surface area contributed by atoms with E-state index in [4.69, 9.17) is 0 Å². The van der Waals surface area contributed by atoms with Crippen molar-refractivity contribution < 1.29 is 0 Å². The first-order valence-electron chi connectivity index (χ1n) is 5.87. The summed E-state index contributed by atoms with van der Waals surface area (Å²) >= 11 is 0. The molecule has 2 heteroatoms. The molecule has 0 aromatic heterocycles. The third-order valence-corrected chi connectivity index (χ3v) is 3.15. The van der Waals surface area contributed by atoms with Crippen LogP contribution >= 0.6 is 0 Å². The van der Waals surface area contributed by atoms with E-state index in [1.54, 1.807) is 0 Å². The lowest BCUT2D eigenvalue weighted by Gasteiger charge is -2.29. The number of hydrogen-bond acceptors (Lipinski definition) is 2. The van der Waals surface area contributed by atoms with Crippen LogP contribution in [0.2, 0.25) is 0 Å². The van der Waals surface area contributed by atoms with Gasteiger partial charge in [0.1, 0.15) is 0 Å². The Morgan fingerprint density at radius 1 is 1.06 bits per heavy atom. The quantitative estimate of drug-likeness (QED) is 0.815. The fraction of sp³-hybridized carbons (Fsp3) is 0.571. The van der Waals surface area contributed by atoms with Crippen molar-refractivity contribution in [3.8, 4) is 0 Å². The molecule has 1 rings (SSSR count). The second kappa shape index (κ2) is 4.88. The third-order valence-electron chi connectivity index (χ3n) is 3.15. The largest absolute Gasteiger partial charge is 0.379 e. The second-order valence-corrected chi connectivity index (χ2v) is 5.22. The third kappa shape index (κ3) is 2.99. The monoisotopic (exact) mass is 220 g/mol. The predicted octanol–water partition coefficient (Wildman–Crippen LogP) is 3.02. The van der Waals surface area contributed by atoms with Crippen molar-refractivity contribution in [2.45, 2.75) is 40.2 Å². The van der Waals surface area contributed by atoms with E-state index in [1.165, 1.54) is 22.4 Å². The first kappa shape index (κ1) is 13.0. The van der Waals surface area contributed by atoms with Gasteiger partial charge in [0.15, 0.2) is 0 Å². The molecular formula is C14H24N2. The van der Waals surface area contributed by atoms with Gasteiger partial charge in [0, 0.05) is 17.8 Å². The molecule has 0 bridgehead atoms. The van der Waals surface area contributed by atoms with Gasteiger partial charge < -0.3 is 10.6 Å². The van der Waals surface area contributed by atoms with Crippen LogP contribution in [0.3, 0.4) is 0 Å². The second-order valence-electron chi connectivity index (χ2n) is 5.22. The van der Waals surface area contributed by atoms with E-state index in [0.717, 1.165) is 6.54 Å². The van der Waals surface area contributed by atoms with Gasteiger partial charge in [0.2, 0.25) is 0 Å². The Hall–Kier alpha value is -1.02. The van der Waals surface area contributed by atoms with Gasteiger partial charge in [0.05, 0.1) is 0 Å². The van der Waals surface area contributed by atoms with Crippen LogP contribution in [-0.2, 0) is 0 Å². The lowest BCUT2D eigenvalue weighted by molar-refractivity contribution is 0.530. The van der Waals surface area contributed by atoms with Crippen molar-refractivity contribution in [1.29, 1.82) is 0 Å². The molecule has 0 aliphatic heterocycles. The smallest absolute Gasteiger partial charge is 0.0441 e. The summed E-state index contributed by atoms with van der Waals surface area (Å²) in [5.41, 5.74) is 5.40. The summed E-state index contributed by atoms with van der Waals surface area (Å²) in [7, 11) is 1.98. The summed E-state index contributed by atoms with van der Waals surface area (Å²) in [5.74, 6) is 0. The van der Waals surface area contributed by atoms with Crippen LogP contribution in [0, 0.1) is 20.8 Å². The minimum Gasteiger partial charge on any atom is -0.379 e. The molecule has 0 radical (unpaired) electrons. The van der Waals surface area contributed by atoms with Gasteiger partial charge in [-0.05, 0) is 64.4 Å². The maximum Gasteiger partial charge on any atom is 0.0441 e. The summed E-state index contributed by atoms with van der Waals surface area (Å²) in [6, 6.07) is 4.36. The van der Waals surface area contributed by atoms with Crippen molar-refractivity contribution in [3.05, 3.63) is 28.8 Å². The van der Waals surface area contributed by atoms with E-state index in [9.17, 15) is 0 Å². The Kier molecular flexibility index (Phi) is 3.98. The maximum absolute atomic E-state index is 3.59. The molecule has 0 atom stereocenters. The van der Waals surface area contributed by atoms with Gasteiger partial charge >= 0.3 is 0 Å². The average molecular weight is 220 g/mol. The van der Waals surface area contributed by atoms with Crippen molar-refractivity contribution in [3.63, 3.8) is 0 Å². The van der Waals surface area contributed by atoms with E-state index >= 15 is 0 Å². The van der Waals surface area contributed by atoms with Crippen molar-refractivity contribution >= 4 is 5.69 Å². The lowest BCUT2D eigenvalue weighted by Crippen LogP contribution is -2.40. The predicted molar refractivity (Wildman–Crippen MR) is 72.3 cm³/mol. The van der Waals surface area contributed by atoms with Crippen molar-refractivity contribution in [1.82, 2.24) is 5.32 Å². The minimum atomic E-state index is 0.0706. The van der Waals surface area contributed by atoms with Gasteiger partial charge in [-0.3, -0.25) is 0 Å². The molecule has 90 valence electrons. The van der Waals surface area contributed by atoms with E-state index in [-0.39, 0.29) is 5.54 Å². The van der Waals surface area contributed by atoms with Gasteiger partial charge in [-0.2, -0.15) is 0 Å². The molecule has 16 heavy (non-hydrogen) atoms. The van der Waals surface area contributed by atoms with Crippen LogP contribution < -0.4 is 10.6 Å². The summed E-state index contributed by atoms with van der Waals surface area (Å²) < 4.78 is 0. The molecule has 0 saturated carbocycles. The SMILES string of the molecule is CNCC(C)(C)Nc1ccc(C)c(C)c1C. The Morgan fingerprint density at radius 3 is 2.25 bits per heavy atom. The fourth-order valence-electron chi connectivity index (χ4n) is 1.94. The van der Waals surface area contributed by atoms with Crippen LogP contribution in [0.4, 0.5) is 5.69 Å². The van der Waals surface area contributed by atoms with Crippen LogP contribution in [0.1, 0.15) is 30.5 Å². The summed E-state index contributed by atoms with van der Waals surface area (Å²) in [4.78, 5) is 0. The number of hydrogen-bond donors (Lipinski definition) is 2. The normalized spacial score (nSPS) is 11.6. The maximum atomic E-state index is 3.59. The summed E-state index contributed by atoms with van der Waals surface area (Å²) in [5, 5.41) is 6.80. The van der Waals surface area contributed by atoms with Crippen LogP contribution in [-0.4, -0.2) is 19.1 Å². The highest BCUT2D eigenvalue weighted by Gasteiger charge is 2.17. The standard InChI is InChI=1S/C14H24N2/c1-10-7-8-13(12(3)11(10)2)16-14(4,5)9-15-6/h7-8,15-16H,9H2,1-6H3. The Balaban J connectivity index is 2.94. The van der Waals surface area contributed by atoms with Crippen LogP contribution in [0.25, 0.3) is 0 Å². The zero-order valence-corrected chi connectivity index (χ0v) is 11.4. The Bertz CT molecular complexity index is 367. The Labute approximate surface area is 99.5 Å². The van der Waals surface area contributed by atoms with Gasteiger partial charge in [0.25, 0.3) is 0 Å². The van der Waals surface area contributed by atoms with E-state index < -0.39 is 0 Å². The van der Waals surface area contributed by atoms with Gasteiger partial charge in [-0.25, -0.2) is 0 Å². The molecule has 0 amide bonds. The molecule has 1 aromatic carbocycles. The molecule has 0 aliphatic carbocycles. The molecule has 0 unspecified atom stereocenters. The first-order valence-corrected chi connectivity index (χ1v) is 5.87.